The Balaban J connectivity index is 1.82. The molecule has 2 aromatic rings. The van der Waals surface area contributed by atoms with Crippen LogP contribution in [0.4, 0.5) is 10.5 Å². The number of hydrogen-bond acceptors (Lipinski definition) is 4. The van der Waals surface area contributed by atoms with Crippen molar-refractivity contribution in [2.75, 3.05) is 18.4 Å². The third kappa shape index (κ3) is 5.97. The molecule has 0 heterocycles. The van der Waals surface area contributed by atoms with Crippen molar-refractivity contribution in [2.24, 2.45) is 5.73 Å². The van der Waals surface area contributed by atoms with Crippen molar-refractivity contribution in [3.8, 4) is 11.5 Å². The quantitative estimate of drug-likeness (QED) is 0.351. The van der Waals surface area contributed by atoms with Crippen LogP contribution in [0.1, 0.15) is 30.0 Å². The summed E-state index contributed by atoms with van der Waals surface area (Å²) in [6, 6.07) is 9.97. The number of aromatic hydroxyl groups is 2. The van der Waals surface area contributed by atoms with Crippen LogP contribution >= 0.6 is 0 Å². The molecule has 6 nitrogen and oxygen atoms in total. The molecule has 0 saturated carbocycles. The average Bonchev–Trinajstić information content (AvgIpc) is 2.59. The standard InChI is InChI=1S/C20H27N3O3/c1-2-3-16-13-17(24)6-5-15(16)9-11-22-10-8-14-4-7-19(25)18(12-14)23-20(21)26/h4-7,12-13,22,24-25H,2-3,8-11H2,1H3,(H3,21,23,26). The normalized spacial score (nSPS) is 10.7. The van der Waals surface area contributed by atoms with Crippen molar-refractivity contribution < 1.29 is 15.0 Å². The molecular weight excluding hydrogens is 330 g/mol. The number of hydrogen-bond donors (Lipinski definition) is 5. The molecule has 0 aromatic heterocycles. The Morgan fingerprint density at radius 1 is 1.00 bits per heavy atom. The molecule has 0 aliphatic heterocycles. The SMILES string of the molecule is CCCc1cc(O)ccc1CCNCCc1ccc(O)c(NC(N)=O)c1. The Morgan fingerprint density at radius 3 is 2.50 bits per heavy atom. The molecule has 2 aromatic carbocycles. The fraction of sp³-hybridized carbons (Fsp3) is 0.350. The average molecular weight is 357 g/mol. The van der Waals surface area contributed by atoms with Crippen molar-refractivity contribution in [2.45, 2.75) is 32.6 Å². The number of phenols is 2. The Labute approximate surface area is 154 Å². The second kappa shape index (κ2) is 9.68. The zero-order valence-corrected chi connectivity index (χ0v) is 15.1. The van der Waals surface area contributed by atoms with Gasteiger partial charge in [-0.05, 0) is 73.3 Å². The van der Waals surface area contributed by atoms with E-state index < -0.39 is 6.03 Å². The summed E-state index contributed by atoms with van der Waals surface area (Å²) in [6.45, 7) is 3.75. The molecule has 26 heavy (non-hydrogen) atoms. The highest BCUT2D eigenvalue weighted by Crippen LogP contribution is 2.24. The van der Waals surface area contributed by atoms with E-state index in [0.29, 0.717) is 11.4 Å². The smallest absolute Gasteiger partial charge is 0.316 e. The number of carbonyl (C=O) groups is 1. The Bertz CT molecular complexity index is 747. The van der Waals surface area contributed by atoms with Gasteiger partial charge in [-0.3, -0.25) is 0 Å². The summed E-state index contributed by atoms with van der Waals surface area (Å²) in [5, 5.41) is 25.1. The number of nitrogens with one attached hydrogen (secondary N) is 2. The number of nitrogens with two attached hydrogens (primary N) is 1. The summed E-state index contributed by atoms with van der Waals surface area (Å²) in [5.41, 5.74) is 8.87. The zero-order valence-electron chi connectivity index (χ0n) is 15.1. The van der Waals surface area contributed by atoms with E-state index in [4.69, 9.17) is 5.73 Å². The summed E-state index contributed by atoms with van der Waals surface area (Å²) in [4.78, 5) is 10.9. The monoisotopic (exact) mass is 357 g/mol. The highest BCUT2D eigenvalue weighted by Gasteiger charge is 2.06. The highest BCUT2D eigenvalue weighted by molar-refractivity contribution is 5.89. The Hall–Kier alpha value is -2.73. The first-order chi connectivity index (χ1) is 12.5. The van der Waals surface area contributed by atoms with Gasteiger partial charge in [0.25, 0.3) is 0 Å². The van der Waals surface area contributed by atoms with Crippen LogP contribution in [0.15, 0.2) is 36.4 Å². The van der Waals surface area contributed by atoms with Gasteiger partial charge in [-0.2, -0.15) is 0 Å². The minimum Gasteiger partial charge on any atom is -0.508 e. The summed E-state index contributed by atoms with van der Waals surface area (Å²) in [5.74, 6) is 0.314. The third-order valence-electron chi connectivity index (χ3n) is 4.19. The van der Waals surface area contributed by atoms with Gasteiger partial charge in [0.2, 0.25) is 0 Å². The molecule has 6 N–H and O–H groups in total. The molecule has 0 aliphatic rings. The van der Waals surface area contributed by atoms with Crippen LogP contribution in [0, 0.1) is 0 Å². The number of benzene rings is 2. The first-order valence-electron chi connectivity index (χ1n) is 8.89. The minimum atomic E-state index is -0.702. The lowest BCUT2D eigenvalue weighted by molar-refractivity contribution is 0.259. The van der Waals surface area contributed by atoms with E-state index in [1.165, 1.54) is 11.1 Å². The van der Waals surface area contributed by atoms with Gasteiger partial charge in [0.1, 0.15) is 11.5 Å². The van der Waals surface area contributed by atoms with Gasteiger partial charge >= 0.3 is 6.03 Å². The Morgan fingerprint density at radius 2 is 1.77 bits per heavy atom. The number of urea groups is 1. The predicted molar refractivity (Wildman–Crippen MR) is 104 cm³/mol. The number of amides is 2. The van der Waals surface area contributed by atoms with Crippen LogP contribution in [0.2, 0.25) is 0 Å². The molecule has 0 radical (unpaired) electrons. The Kier molecular flexibility index (Phi) is 7.29. The maximum atomic E-state index is 10.9. The van der Waals surface area contributed by atoms with Gasteiger partial charge in [0, 0.05) is 0 Å². The molecule has 0 fully saturated rings. The van der Waals surface area contributed by atoms with Crippen molar-refractivity contribution in [3.63, 3.8) is 0 Å². The minimum absolute atomic E-state index is 0.00343. The third-order valence-corrected chi connectivity index (χ3v) is 4.19. The maximum absolute atomic E-state index is 10.9. The number of carbonyl (C=O) groups excluding carboxylic acids is 1. The first-order valence-corrected chi connectivity index (χ1v) is 8.89. The van der Waals surface area contributed by atoms with Gasteiger partial charge in [0.05, 0.1) is 5.69 Å². The van der Waals surface area contributed by atoms with Crippen LogP contribution < -0.4 is 16.4 Å². The number of phenolic OH excluding ortho intramolecular Hbond substituents is 2. The number of anilines is 1. The second-order valence-corrected chi connectivity index (χ2v) is 6.29. The summed E-state index contributed by atoms with van der Waals surface area (Å²) in [6.07, 6.45) is 3.68. The maximum Gasteiger partial charge on any atom is 0.316 e. The van der Waals surface area contributed by atoms with Crippen molar-refractivity contribution in [1.29, 1.82) is 0 Å². The lowest BCUT2D eigenvalue weighted by Crippen LogP contribution is -2.21. The number of aryl methyl sites for hydroxylation is 1. The van der Waals surface area contributed by atoms with E-state index in [0.717, 1.165) is 44.3 Å². The van der Waals surface area contributed by atoms with Gasteiger partial charge in [-0.15, -0.1) is 0 Å². The van der Waals surface area contributed by atoms with Crippen molar-refractivity contribution in [3.05, 3.63) is 53.1 Å². The van der Waals surface area contributed by atoms with Crippen LogP contribution in [0.5, 0.6) is 11.5 Å². The van der Waals surface area contributed by atoms with Gasteiger partial charge in [-0.25, -0.2) is 4.79 Å². The number of primary amides is 1. The van der Waals surface area contributed by atoms with E-state index >= 15 is 0 Å². The van der Waals surface area contributed by atoms with E-state index in [2.05, 4.69) is 17.6 Å². The lowest BCUT2D eigenvalue weighted by atomic mass is 10.0. The van der Waals surface area contributed by atoms with Gasteiger partial charge < -0.3 is 26.6 Å². The van der Waals surface area contributed by atoms with E-state index in [-0.39, 0.29) is 5.75 Å². The van der Waals surface area contributed by atoms with Crippen LogP contribution in [0.3, 0.4) is 0 Å². The molecule has 0 unspecified atom stereocenters. The van der Waals surface area contributed by atoms with Gasteiger partial charge in [-0.1, -0.05) is 25.5 Å². The van der Waals surface area contributed by atoms with Crippen molar-refractivity contribution in [1.82, 2.24) is 5.32 Å². The van der Waals surface area contributed by atoms with Crippen LogP contribution in [-0.4, -0.2) is 29.3 Å². The largest absolute Gasteiger partial charge is 0.508 e. The molecule has 140 valence electrons. The molecular formula is C20H27N3O3. The molecule has 6 heteroatoms. The molecule has 0 bridgehead atoms. The van der Waals surface area contributed by atoms with E-state index in [1.54, 1.807) is 18.2 Å². The summed E-state index contributed by atoms with van der Waals surface area (Å²) in [7, 11) is 0. The van der Waals surface area contributed by atoms with E-state index in [1.807, 2.05) is 18.2 Å². The van der Waals surface area contributed by atoms with Gasteiger partial charge in [0.15, 0.2) is 0 Å². The predicted octanol–water partition coefficient (Wildman–Crippen LogP) is 2.92. The molecule has 0 spiro atoms. The molecule has 0 saturated heterocycles. The number of rotatable bonds is 9. The van der Waals surface area contributed by atoms with Crippen molar-refractivity contribution >= 4 is 11.7 Å². The van der Waals surface area contributed by atoms with Crippen LogP contribution in [-0.2, 0) is 19.3 Å². The topological polar surface area (TPSA) is 108 Å². The molecule has 0 atom stereocenters. The zero-order chi connectivity index (χ0) is 18.9. The first kappa shape index (κ1) is 19.6. The van der Waals surface area contributed by atoms with Crippen LogP contribution in [0.25, 0.3) is 0 Å². The molecule has 2 rings (SSSR count). The molecule has 0 aliphatic carbocycles. The van der Waals surface area contributed by atoms with E-state index in [9.17, 15) is 15.0 Å². The lowest BCUT2D eigenvalue weighted by Gasteiger charge is -2.11. The highest BCUT2D eigenvalue weighted by atomic mass is 16.3. The second-order valence-electron chi connectivity index (χ2n) is 6.29. The fourth-order valence-electron chi connectivity index (χ4n) is 2.91. The summed E-state index contributed by atoms with van der Waals surface area (Å²) < 4.78 is 0. The summed E-state index contributed by atoms with van der Waals surface area (Å²) >= 11 is 0. The molecule has 2 amide bonds. The fourth-order valence-corrected chi connectivity index (χ4v) is 2.91.